The Morgan fingerprint density at radius 2 is 2.00 bits per heavy atom. The molecular formula is C15H23NO2. The van der Waals surface area contributed by atoms with Crippen molar-refractivity contribution in [3.63, 3.8) is 0 Å². The van der Waals surface area contributed by atoms with Crippen LogP contribution in [-0.4, -0.2) is 19.6 Å². The number of carbonyl (C=O) groups is 1. The lowest BCUT2D eigenvalue weighted by atomic mass is 9.95. The minimum Gasteiger partial charge on any atom is -0.469 e. The minimum absolute atomic E-state index is 0.116. The topological polar surface area (TPSA) is 38.3 Å². The summed E-state index contributed by atoms with van der Waals surface area (Å²) in [5.41, 5.74) is 3.56. The van der Waals surface area contributed by atoms with Gasteiger partial charge in [0.1, 0.15) is 0 Å². The fourth-order valence-corrected chi connectivity index (χ4v) is 1.91. The number of methoxy groups -OCH3 is 1. The molecule has 1 rings (SSSR count). The van der Waals surface area contributed by atoms with Crippen LogP contribution in [0, 0.1) is 25.7 Å². The van der Waals surface area contributed by atoms with Crippen molar-refractivity contribution < 1.29 is 9.53 Å². The molecule has 0 aromatic heterocycles. The Morgan fingerprint density at radius 1 is 1.33 bits per heavy atom. The first-order chi connectivity index (χ1) is 8.47. The minimum atomic E-state index is -0.150. The highest BCUT2D eigenvalue weighted by atomic mass is 16.5. The maximum atomic E-state index is 11.7. The number of ether oxygens (including phenoxy) is 1. The summed E-state index contributed by atoms with van der Waals surface area (Å²) in [5.74, 6) is -0.00668. The third-order valence-corrected chi connectivity index (χ3v) is 3.43. The van der Waals surface area contributed by atoms with Crippen LogP contribution in [0.3, 0.4) is 0 Å². The predicted molar refractivity (Wildman–Crippen MR) is 74.7 cm³/mol. The largest absolute Gasteiger partial charge is 0.469 e. The Morgan fingerprint density at radius 3 is 2.56 bits per heavy atom. The van der Waals surface area contributed by atoms with Crippen molar-refractivity contribution in [2.45, 2.75) is 27.7 Å². The molecule has 0 aliphatic heterocycles. The second-order valence-electron chi connectivity index (χ2n) is 5.00. The van der Waals surface area contributed by atoms with Gasteiger partial charge in [0.15, 0.2) is 0 Å². The van der Waals surface area contributed by atoms with E-state index in [1.807, 2.05) is 26.0 Å². The van der Waals surface area contributed by atoms with Crippen LogP contribution in [0.5, 0.6) is 0 Å². The van der Waals surface area contributed by atoms with E-state index in [0.29, 0.717) is 6.54 Å². The molecule has 1 atom stereocenters. The van der Waals surface area contributed by atoms with Crippen molar-refractivity contribution in [1.82, 2.24) is 0 Å². The van der Waals surface area contributed by atoms with Crippen molar-refractivity contribution in [3.8, 4) is 0 Å². The van der Waals surface area contributed by atoms with Gasteiger partial charge in [-0.2, -0.15) is 0 Å². The molecule has 0 saturated heterocycles. The molecule has 1 aromatic carbocycles. The third kappa shape index (κ3) is 3.49. The number of hydrogen-bond acceptors (Lipinski definition) is 3. The molecule has 0 bridgehead atoms. The van der Waals surface area contributed by atoms with Crippen LogP contribution in [0.1, 0.15) is 25.0 Å². The van der Waals surface area contributed by atoms with Gasteiger partial charge in [0.05, 0.1) is 13.0 Å². The molecule has 18 heavy (non-hydrogen) atoms. The first-order valence-corrected chi connectivity index (χ1v) is 6.35. The molecule has 0 spiro atoms. The Kier molecular flexibility index (Phi) is 5.20. The van der Waals surface area contributed by atoms with Crippen molar-refractivity contribution in [1.29, 1.82) is 0 Å². The first kappa shape index (κ1) is 14.6. The van der Waals surface area contributed by atoms with Crippen LogP contribution in [0.15, 0.2) is 18.2 Å². The monoisotopic (exact) mass is 249 g/mol. The molecule has 1 N–H and O–H groups in total. The highest BCUT2D eigenvalue weighted by Gasteiger charge is 2.22. The lowest BCUT2D eigenvalue weighted by Crippen LogP contribution is -2.29. The average Bonchev–Trinajstić information content (AvgIpc) is 2.33. The molecule has 1 unspecified atom stereocenters. The summed E-state index contributed by atoms with van der Waals surface area (Å²) < 4.78 is 4.84. The Balaban J connectivity index is 2.73. The number of anilines is 1. The van der Waals surface area contributed by atoms with E-state index in [9.17, 15) is 4.79 Å². The number of nitrogens with one attached hydrogen (secondary N) is 1. The fourth-order valence-electron chi connectivity index (χ4n) is 1.91. The van der Waals surface area contributed by atoms with Crippen LogP contribution in [0.25, 0.3) is 0 Å². The van der Waals surface area contributed by atoms with E-state index in [2.05, 4.69) is 25.2 Å². The maximum absolute atomic E-state index is 11.7. The number of hydrogen-bond donors (Lipinski definition) is 1. The summed E-state index contributed by atoms with van der Waals surface area (Å²) in [6, 6.07) is 6.14. The van der Waals surface area contributed by atoms with Crippen LogP contribution in [-0.2, 0) is 9.53 Å². The summed E-state index contributed by atoms with van der Waals surface area (Å²) in [7, 11) is 1.44. The number of carbonyl (C=O) groups excluding carboxylic acids is 1. The highest BCUT2D eigenvalue weighted by molar-refractivity contribution is 5.73. The smallest absolute Gasteiger partial charge is 0.310 e. The molecule has 0 fully saturated rings. The van der Waals surface area contributed by atoms with Crippen LogP contribution < -0.4 is 5.32 Å². The van der Waals surface area contributed by atoms with E-state index in [0.717, 1.165) is 5.69 Å². The second-order valence-corrected chi connectivity index (χ2v) is 5.00. The average molecular weight is 249 g/mol. The van der Waals surface area contributed by atoms with Crippen LogP contribution in [0.4, 0.5) is 5.69 Å². The van der Waals surface area contributed by atoms with Gasteiger partial charge in [0, 0.05) is 12.2 Å². The molecule has 3 nitrogen and oxygen atoms in total. The van der Waals surface area contributed by atoms with Crippen molar-refractivity contribution in [2.75, 3.05) is 19.0 Å². The Bertz CT molecular complexity index is 413. The zero-order valence-corrected chi connectivity index (χ0v) is 11.9. The quantitative estimate of drug-likeness (QED) is 0.815. The first-order valence-electron chi connectivity index (χ1n) is 6.35. The van der Waals surface area contributed by atoms with Gasteiger partial charge in [-0.3, -0.25) is 4.79 Å². The lowest BCUT2D eigenvalue weighted by molar-refractivity contribution is -0.146. The highest BCUT2D eigenvalue weighted by Crippen LogP contribution is 2.20. The summed E-state index contributed by atoms with van der Waals surface area (Å²) in [4.78, 5) is 11.7. The van der Waals surface area contributed by atoms with Crippen molar-refractivity contribution >= 4 is 11.7 Å². The van der Waals surface area contributed by atoms with Crippen LogP contribution in [0.2, 0.25) is 0 Å². The number of aryl methyl sites for hydroxylation is 1. The number of benzene rings is 1. The number of esters is 1. The summed E-state index contributed by atoms with van der Waals surface area (Å²) in [5, 5.41) is 3.35. The van der Waals surface area contributed by atoms with E-state index in [1.165, 1.54) is 18.2 Å². The molecule has 0 aliphatic carbocycles. The molecule has 0 heterocycles. The van der Waals surface area contributed by atoms with E-state index < -0.39 is 0 Å². The summed E-state index contributed by atoms with van der Waals surface area (Å²) in [6.45, 7) is 8.84. The molecule has 0 amide bonds. The molecule has 1 aromatic rings. The second kappa shape index (κ2) is 6.43. The van der Waals surface area contributed by atoms with E-state index in [4.69, 9.17) is 4.74 Å². The SMILES string of the molecule is COC(=O)C(CNc1cccc(C)c1C)C(C)C. The normalized spacial score (nSPS) is 12.3. The summed E-state index contributed by atoms with van der Waals surface area (Å²) in [6.07, 6.45) is 0. The van der Waals surface area contributed by atoms with Gasteiger partial charge >= 0.3 is 5.97 Å². The van der Waals surface area contributed by atoms with Gasteiger partial charge < -0.3 is 10.1 Å². The van der Waals surface area contributed by atoms with Crippen molar-refractivity contribution in [2.24, 2.45) is 11.8 Å². The molecule has 0 radical (unpaired) electrons. The van der Waals surface area contributed by atoms with E-state index in [-0.39, 0.29) is 17.8 Å². The zero-order valence-electron chi connectivity index (χ0n) is 11.9. The molecule has 3 heteroatoms. The Labute approximate surface area is 110 Å². The number of rotatable bonds is 5. The van der Waals surface area contributed by atoms with Gasteiger partial charge in [0.2, 0.25) is 0 Å². The fraction of sp³-hybridized carbons (Fsp3) is 0.533. The lowest BCUT2D eigenvalue weighted by Gasteiger charge is -2.20. The van der Waals surface area contributed by atoms with E-state index >= 15 is 0 Å². The summed E-state index contributed by atoms with van der Waals surface area (Å²) >= 11 is 0. The molecular weight excluding hydrogens is 226 g/mol. The van der Waals surface area contributed by atoms with E-state index in [1.54, 1.807) is 0 Å². The van der Waals surface area contributed by atoms with Gasteiger partial charge in [-0.25, -0.2) is 0 Å². The zero-order chi connectivity index (χ0) is 13.7. The molecule has 0 aliphatic rings. The van der Waals surface area contributed by atoms with Crippen LogP contribution >= 0.6 is 0 Å². The molecule has 100 valence electrons. The molecule has 0 saturated carbocycles. The van der Waals surface area contributed by atoms with Gasteiger partial charge in [-0.1, -0.05) is 26.0 Å². The van der Waals surface area contributed by atoms with Gasteiger partial charge in [-0.05, 0) is 37.0 Å². The standard InChI is InChI=1S/C15H23NO2/c1-10(2)13(15(17)18-5)9-16-14-8-6-7-11(3)12(14)4/h6-8,10,13,16H,9H2,1-5H3. The Hall–Kier alpha value is -1.51. The van der Waals surface area contributed by atoms with Gasteiger partial charge in [-0.15, -0.1) is 0 Å². The van der Waals surface area contributed by atoms with Gasteiger partial charge in [0.25, 0.3) is 0 Å². The maximum Gasteiger partial charge on any atom is 0.310 e. The van der Waals surface area contributed by atoms with Crippen molar-refractivity contribution in [3.05, 3.63) is 29.3 Å². The predicted octanol–water partition coefficient (Wildman–Crippen LogP) is 3.16. The third-order valence-electron chi connectivity index (χ3n) is 3.43.